The number of carbonyl (C=O) groups is 2. The van der Waals surface area contributed by atoms with Gasteiger partial charge in [-0.05, 0) is 24.5 Å². The fourth-order valence-electron chi connectivity index (χ4n) is 3.34. The van der Waals surface area contributed by atoms with E-state index in [4.69, 9.17) is 9.84 Å². The number of nitrogens with one attached hydrogen (secondary N) is 1. The van der Waals surface area contributed by atoms with Crippen molar-refractivity contribution >= 4 is 17.6 Å². The van der Waals surface area contributed by atoms with Gasteiger partial charge in [-0.15, -0.1) is 0 Å². The lowest BCUT2D eigenvalue weighted by Gasteiger charge is -2.28. The molecule has 0 bridgehead atoms. The standard InChI is InChI=1S/C22H27FN4O5/c1-14(2)9-18(22(31)24-20-7-8-26(25-20)11-15(29)13-28)27-12-16(10-21(27)30)32-19-6-4-3-5-17(19)23/h3-8,10,14-15,18,28-29H,9,11-13H2,1-2H3,(H,24,25,31)/t15-,18+/m1/s1. The molecule has 0 aliphatic carbocycles. The predicted molar refractivity (Wildman–Crippen MR) is 114 cm³/mol. The van der Waals surface area contributed by atoms with Crippen molar-refractivity contribution < 1.29 is 28.9 Å². The fraction of sp³-hybridized carbons (Fsp3) is 0.409. The molecule has 0 fully saturated rings. The van der Waals surface area contributed by atoms with Crippen molar-refractivity contribution in [1.29, 1.82) is 0 Å². The summed E-state index contributed by atoms with van der Waals surface area (Å²) >= 11 is 0. The van der Waals surface area contributed by atoms with Gasteiger partial charge in [0.05, 0.1) is 25.8 Å². The first-order valence-corrected chi connectivity index (χ1v) is 10.3. The van der Waals surface area contributed by atoms with Gasteiger partial charge in [-0.2, -0.15) is 5.10 Å². The molecule has 2 amide bonds. The highest BCUT2D eigenvalue weighted by Gasteiger charge is 2.35. The average molecular weight is 446 g/mol. The summed E-state index contributed by atoms with van der Waals surface area (Å²) in [7, 11) is 0. The number of aliphatic hydroxyl groups excluding tert-OH is 2. The molecule has 1 aliphatic rings. The molecule has 0 saturated heterocycles. The number of anilines is 1. The molecule has 10 heteroatoms. The van der Waals surface area contributed by atoms with Gasteiger partial charge >= 0.3 is 0 Å². The Kier molecular flexibility index (Phi) is 7.60. The van der Waals surface area contributed by atoms with Crippen molar-refractivity contribution in [1.82, 2.24) is 14.7 Å². The number of halogens is 1. The number of ether oxygens (including phenoxy) is 1. The van der Waals surface area contributed by atoms with E-state index >= 15 is 0 Å². The van der Waals surface area contributed by atoms with Crippen LogP contribution in [0.1, 0.15) is 20.3 Å². The second-order valence-electron chi connectivity index (χ2n) is 8.00. The second-order valence-corrected chi connectivity index (χ2v) is 8.00. The molecule has 2 aromatic rings. The highest BCUT2D eigenvalue weighted by atomic mass is 19.1. The molecule has 1 aliphatic heterocycles. The summed E-state index contributed by atoms with van der Waals surface area (Å²) < 4.78 is 20.8. The number of benzene rings is 1. The maximum atomic E-state index is 13.9. The zero-order chi connectivity index (χ0) is 23.3. The minimum Gasteiger partial charge on any atom is -0.457 e. The average Bonchev–Trinajstić information content (AvgIpc) is 3.33. The van der Waals surface area contributed by atoms with E-state index in [1.807, 2.05) is 13.8 Å². The lowest BCUT2D eigenvalue weighted by molar-refractivity contribution is -0.133. The second kappa shape index (κ2) is 10.4. The number of hydrogen-bond acceptors (Lipinski definition) is 6. The first-order chi connectivity index (χ1) is 15.3. The molecule has 0 unspecified atom stereocenters. The Hall–Kier alpha value is -3.24. The third-order valence-corrected chi connectivity index (χ3v) is 4.85. The normalized spacial score (nSPS) is 15.6. The van der Waals surface area contributed by atoms with Gasteiger partial charge in [0.2, 0.25) is 5.91 Å². The van der Waals surface area contributed by atoms with Crippen molar-refractivity contribution in [3.05, 3.63) is 54.2 Å². The Morgan fingerprint density at radius 2 is 2.06 bits per heavy atom. The Balaban J connectivity index is 1.69. The van der Waals surface area contributed by atoms with Gasteiger partial charge in [0, 0.05) is 18.3 Å². The van der Waals surface area contributed by atoms with E-state index in [9.17, 15) is 19.1 Å². The van der Waals surface area contributed by atoms with E-state index in [1.165, 1.54) is 33.9 Å². The van der Waals surface area contributed by atoms with E-state index in [-0.39, 0.29) is 36.3 Å². The van der Waals surface area contributed by atoms with Gasteiger partial charge in [0.25, 0.3) is 5.91 Å². The first kappa shape index (κ1) is 23.4. The molecular weight excluding hydrogens is 419 g/mol. The molecule has 0 saturated carbocycles. The Morgan fingerprint density at radius 1 is 1.31 bits per heavy atom. The molecule has 1 aromatic carbocycles. The van der Waals surface area contributed by atoms with Crippen LogP contribution < -0.4 is 10.1 Å². The molecule has 32 heavy (non-hydrogen) atoms. The number of aromatic nitrogens is 2. The summed E-state index contributed by atoms with van der Waals surface area (Å²) in [6, 6.07) is 6.67. The van der Waals surface area contributed by atoms with Crippen LogP contribution in [0.2, 0.25) is 0 Å². The van der Waals surface area contributed by atoms with E-state index in [1.54, 1.807) is 18.3 Å². The predicted octanol–water partition coefficient (Wildman–Crippen LogP) is 1.53. The number of amides is 2. The quantitative estimate of drug-likeness (QED) is 0.510. The molecular formula is C22H27FN4O5. The summed E-state index contributed by atoms with van der Waals surface area (Å²) in [6.45, 7) is 3.59. The van der Waals surface area contributed by atoms with Gasteiger partial charge in [-0.25, -0.2) is 4.39 Å². The highest BCUT2D eigenvalue weighted by Crippen LogP contribution is 2.24. The number of para-hydroxylation sites is 1. The molecule has 3 rings (SSSR count). The molecule has 2 heterocycles. The van der Waals surface area contributed by atoms with Crippen LogP contribution in [0.5, 0.6) is 5.75 Å². The fourth-order valence-corrected chi connectivity index (χ4v) is 3.34. The molecule has 0 spiro atoms. The Bertz CT molecular complexity index is 990. The van der Waals surface area contributed by atoms with Crippen LogP contribution >= 0.6 is 0 Å². The zero-order valence-electron chi connectivity index (χ0n) is 17.9. The van der Waals surface area contributed by atoms with E-state index in [0.29, 0.717) is 6.42 Å². The number of rotatable bonds is 10. The molecule has 1 aromatic heterocycles. The van der Waals surface area contributed by atoms with Crippen LogP contribution in [-0.4, -0.2) is 62.0 Å². The van der Waals surface area contributed by atoms with Crippen molar-refractivity contribution in [2.24, 2.45) is 5.92 Å². The molecule has 9 nitrogen and oxygen atoms in total. The van der Waals surface area contributed by atoms with Crippen LogP contribution in [0.3, 0.4) is 0 Å². The van der Waals surface area contributed by atoms with Crippen molar-refractivity contribution in [3.8, 4) is 5.75 Å². The lowest BCUT2D eigenvalue weighted by Crippen LogP contribution is -2.46. The largest absolute Gasteiger partial charge is 0.457 e. The van der Waals surface area contributed by atoms with Crippen LogP contribution in [0.4, 0.5) is 10.2 Å². The SMILES string of the molecule is CC(C)C[C@@H](C(=O)Nc1ccn(C[C@@H](O)CO)n1)N1CC(Oc2ccccc2F)=CC1=O. The molecule has 0 radical (unpaired) electrons. The summed E-state index contributed by atoms with van der Waals surface area (Å²) in [5.41, 5.74) is 0. The van der Waals surface area contributed by atoms with Crippen LogP contribution in [0, 0.1) is 11.7 Å². The van der Waals surface area contributed by atoms with Crippen LogP contribution in [-0.2, 0) is 16.1 Å². The van der Waals surface area contributed by atoms with E-state index in [2.05, 4.69) is 10.4 Å². The minimum atomic E-state index is -0.965. The minimum absolute atomic E-state index is 0.00821. The number of nitrogens with zero attached hydrogens (tertiary/aromatic N) is 3. The Morgan fingerprint density at radius 3 is 2.75 bits per heavy atom. The number of aliphatic hydroxyl groups is 2. The summed E-state index contributed by atoms with van der Waals surface area (Å²) in [4.78, 5) is 27.0. The number of hydrogen-bond donors (Lipinski definition) is 3. The van der Waals surface area contributed by atoms with Crippen LogP contribution in [0.15, 0.2) is 48.4 Å². The van der Waals surface area contributed by atoms with Crippen molar-refractivity contribution in [2.45, 2.75) is 39.0 Å². The topological polar surface area (TPSA) is 117 Å². The molecule has 3 N–H and O–H groups in total. The molecule has 2 atom stereocenters. The summed E-state index contributed by atoms with van der Waals surface area (Å²) in [5.74, 6) is -0.714. The van der Waals surface area contributed by atoms with Crippen LogP contribution in [0.25, 0.3) is 0 Å². The Labute approximate surface area is 185 Å². The van der Waals surface area contributed by atoms with E-state index in [0.717, 1.165) is 0 Å². The van der Waals surface area contributed by atoms with Gasteiger partial charge in [0.1, 0.15) is 11.8 Å². The van der Waals surface area contributed by atoms with Gasteiger partial charge in [-0.1, -0.05) is 26.0 Å². The maximum Gasteiger partial charge on any atom is 0.251 e. The summed E-state index contributed by atoms with van der Waals surface area (Å²) in [6.07, 6.45) is 2.27. The molecule has 172 valence electrons. The third-order valence-electron chi connectivity index (χ3n) is 4.85. The summed E-state index contributed by atoms with van der Waals surface area (Å²) in [5, 5.41) is 25.3. The van der Waals surface area contributed by atoms with Crippen molar-refractivity contribution in [2.75, 3.05) is 18.5 Å². The zero-order valence-corrected chi connectivity index (χ0v) is 17.9. The monoisotopic (exact) mass is 446 g/mol. The lowest BCUT2D eigenvalue weighted by atomic mass is 10.0. The van der Waals surface area contributed by atoms with E-state index < -0.39 is 36.4 Å². The third kappa shape index (κ3) is 5.92. The smallest absolute Gasteiger partial charge is 0.251 e. The maximum absolute atomic E-state index is 13.9. The van der Waals surface area contributed by atoms with Gasteiger partial charge in [0.15, 0.2) is 17.4 Å². The van der Waals surface area contributed by atoms with Gasteiger partial charge < -0.3 is 25.2 Å². The highest BCUT2D eigenvalue weighted by molar-refractivity contribution is 5.99. The first-order valence-electron chi connectivity index (χ1n) is 10.3. The van der Waals surface area contributed by atoms with Gasteiger partial charge in [-0.3, -0.25) is 14.3 Å². The number of carbonyl (C=O) groups excluding carboxylic acids is 2. The van der Waals surface area contributed by atoms with Crippen molar-refractivity contribution in [3.63, 3.8) is 0 Å².